The molecule has 0 radical (unpaired) electrons. The number of anilines is 1. The lowest BCUT2D eigenvalue weighted by atomic mass is 10.1. The van der Waals surface area contributed by atoms with E-state index in [1.54, 1.807) is 23.1 Å². The molecule has 29 heavy (non-hydrogen) atoms. The van der Waals surface area contributed by atoms with Gasteiger partial charge in [-0.3, -0.25) is 14.3 Å². The largest absolute Gasteiger partial charge is 0.366 e. The number of benzene rings is 2. The van der Waals surface area contributed by atoms with Gasteiger partial charge in [0.15, 0.2) is 0 Å². The van der Waals surface area contributed by atoms with Gasteiger partial charge in [-0.25, -0.2) is 8.42 Å². The monoisotopic (exact) mass is 433 g/mol. The molecule has 0 aromatic heterocycles. The zero-order valence-electron chi connectivity index (χ0n) is 16.1. The van der Waals surface area contributed by atoms with Crippen molar-refractivity contribution in [2.75, 3.05) is 24.1 Å². The summed E-state index contributed by atoms with van der Waals surface area (Å²) >= 11 is 1.39. The minimum Gasteiger partial charge on any atom is -0.366 e. The molecule has 3 rings (SSSR count). The Hall–Kier alpha value is -2.52. The fraction of sp³-hybridized carbons (Fsp3) is 0.300. The lowest BCUT2D eigenvalue weighted by molar-refractivity contribution is 0.0720. The predicted molar refractivity (Wildman–Crippen MR) is 114 cm³/mol. The fourth-order valence-electron chi connectivity index (χ4n) is 3.28. The molecule has 0 bridgehead atoms. The van der Waals surface area contributed by atoms with E-state index in [2.05, 4.69) is 4.72 Å². The second-order valence-corrected chi connectivity index (χ2v) is 9.26. The maximum absolute atomic E-state index is 13.0. The van der Waals surface area contributed by atoms with E-state index in [9.17, 15) is 18.0 Å². The molecule has 0 atom stereocenters. The number of amides is 2. The normalized spacial score (nSPS) is 14.4. The summed E-state index contributed by atoms with van der Waals surface area (Å²) in [5.41, 5.74) is 5.86. The zero-order valence-corrected chi connectivity index (χ0v) is 17.7. The van der Waals surface area contributed by atoms with E-state index in [4.69, 9.17) is 5.73 Å². The van der Waals surface area contributed by atoms with Crippen LogP contribution in [0.15, 0.2) is 52.3 Å². The van der Waals surface area contributed by atoms with Gasteiger partial charge < -0.3 is 10.6 Å². The summed E-state index contributed by atoms with van der Waals surface area (Å²) in [7, 11) is -4.02. The fourth-order valence-corrected chi connectivity index (χ4v) is 4.96. The van der Waals surface area contributed by atoms with Gasteiger partial charge in [-0.05, 0) is 55.9 Å². The van der Waals surface area contributed by atoms with Crippen LogP contribution in [0.3, 0.4) is 0 Å². The summed E-state index contributed by atoms with van der Waals surface area (Å²) in [5.74, 6) is -0.898. The molecular weight excluding hydrogens is 410 g/mol. The van der Waals surface area contributed by atoms with Crippen LogP contribution in [0.1, 0.15) is 40.0 Å². The van der Waals surface area contributed by atoms with E-state index in [0.29, 0.717) is 18.7 Å². The first-order valence-corrected chi connectivity index (χ1v) is 11.9. The minimum absolute atomic E-state index is 0.0464. The van der Waals surface area contributed by atoms with Crippen molar-refractivity contribution in [1.82, 2.24) is 4.90 Å². The Morgan fingerprint density at radius 2 is 1.72 bits per heavy atom. The number of carbonyl (C=O) groups excluding carboxylic acids is 2. The summed E-state index contributed by atoms with van der Waals surface area (Å²) < 4.78 is 28.3. The Labute approximate surface area is 174 Å². The number of piperidine rings is 1. The highest BCUT2D eigenvalue weighted by molar-refractivity contribution is 7.98. The quantitative estimate of drug-likeness (QED) is 0.681. The first kappa shape index (κ1) is 21.2. The van der Waals surface area contributed by atoms with Crippen LogP contribution in [0.2, 0.25) is 0 Å². The van der Waals surface area contributed by atoms with Gasteiger partial charge >= 0.3 is 0 Å². The van der Waals surface area contributed by atoms with Crippen LogP contribution in [0.4, 0.5) is 5.69 Å². The van der Waals surface area contributed by atoms with Crippen LogP contribution < -0.4 is 10.5 Å². The number of nitrogens with one attached hydrogen (secondary N) is 1. The van der Waals surface area contributed by atoms with Crippen LogP contribution in [0, 0.1) is 0 Å². The molecule has 2 amide bonds. The Morgan fingerprint density at radius 1 is 1.03 bits per heavy atom. The lowest BCUT2D eigenvalue weighted by Gasteiger charge is -2.27. The summed E-state index contributed by atoms with van der Waals surface area (Å²) in [6.45, 7) is 1.35. The molecule has 1 fully saturated rings. The van der Waals surface area contributed by atoms with Crippen LogP contribution in [-0.4, -0.2) is 44.5 Å². The molecule has 154 valence electrons. The smallest absolute Gasteiger partial charge is 0.261 e. The van der Waals surface area contributed by atoms with E-state index < -0.39 is 15.9 Å². The molecular formula is C20H23N3O4S2. The van der Waals surface area contributed by atoms with Crippen molar-refractivity contribution in [2.24, 2.45) is 5.73 Å². The summed E-state index contributed by atoms with van der Waals surface area (Å²) in [4.78, 5) is 27.0. The van der Waals surface area contributed by atoms with Crippen LogP contribution >= 0.6 is 11.8 Å². The average Bonchev–Trinajstić information content (AvgIpc) is 2.73. The molecule has 7 nitrogen and oxygen atoms in total. The highest BCUT2D eigenvalue weighted by atomic mass is 32.2. The highest BCUT2D eigenvalue weighted by Gasteiger charge is 2.24. The zero-order chi connectivity index (χ0) is 21.0. The van der Waals surface area contributed by atoms with Crippen molar-refractivity contribution < 1.29 is 18.0 Å². The molecule has 0 spiro atoms. The lowest BCUT2D eigenvalue weighted by Crippen LogP contribution is -2.36. The van der Waals surface area contributed by atoms with Crippen LogP contribution in [0.5, 0.6) is 0 Å². The molecule has 0 unspecified atom stereocenters. The third-order valence-corrected chi connectivity index (χ3v) is 6.95. The van der Waals surface area contributed by atoms with Crippen molar-refractivity contribution in [1.29, 1.82) is 0 Å². The number of sulfonamides is 1. The molecule has 1 aliphatic rings. The number of thioether (sulfide) groups is 1. The molecule has 0 aliphatic carbocycles. The van der Waals surface area contributed by atoms with Crippen molar-refractivity contribution in [3.8, 4) is 0 Å². The molecule has 2 aromatic carbocycles. The molecule has 9 heteroatoms. The van der Waals surface area contributed by atoms with Crippen LogP contribution in [-0.2, 0) is 10.0 Å². The number of rotatable bonds is 6. The summed E-state index contributed by atoms with van der Waals surface area (Å²) in [6, 6.07) is 10.6. The van der Waals surface area contributed by atoms with Gasteiger partial charge in [0.1, 0.15) is 0 Å². The van der Waals surface area contributed by atoms with E-state index in [1.807, 2.05) is 6.26 Å². The number of para-hydroxylation sites is 1. The predicted octanol–water partition coefficient (Wildman–Crippen LogP) is 2.93. The van der Waals surface area contributed by atoms with Gasteiger partial charge in [-0.1, -0.05) is 12.1 Å². The molecule has 1 aliphatic heterocycles. The van der Waals surface area contributed by atoms with E-state index >= 15 is 0 Å². The number of likely N-dealkylation sites (tertiary alicyclic amines) is 1. The van der Waals surface area contributed by atoms with Crippen molar-refractivity contribution >= 4 is 39.3 Å². The number of carbonyl (C=O) groups is 2. The number of hydrogen-bond donors (Lipinski definition) is 2. The van der Waals surface area contributed by atoms with Gasteiger partial charge in [-0.2, -0.15) is 0 Å². The van der Waals surface area contributed by atoms with Crippen LogP contribution in [0.25, 0.3) is 0 Å². The Bertz CT molecular complexity index is 1030. The third-order valence-electron chi connectivity index (χ3n) is 4.79. The van der Waals surface area contributed by atoms with Crippen molar-refractivity contribution in [3.05, 3.63) is 53.6 Å². The Kier molecular flexibility index (Phi) is 6.49. The van der Waals surface area contributed by atoms with Gasteiger partial charge in [0, 0.05) is 18.0 Å². The second-order valence-electron chi connectivity index (χ2n) is 6.73. The highest BCUT2D eigenvalue weighted by Crippen LogP contribution is 2.27. The van der Waals surface area contributed by atoms with Gasteiger partial charge in [0.25, 0.3) is 21.8 Å². The number of nitrogens with zero attached hydrogens (tertiary/aromatic N) is 1. The molecule has 1 heterocycles. The SMILES string of the molecule is CSc1ccc(S(=O)(=O)Nc2ccccc2C(N)=O)cc1C(=O)N1CCCCC1. The number of hydrogen-bond acceptors (Lipinski definition) is 5. The summed E-state index contributed by atoms with van der Waals surface area (Å²) in [5, 5.41) is 0. The standard InChI is InChI=1S/C20H23N3O4S2/c1-28-18-10-9-14(13-16(18)20(25)23-11-5-2-6-12-23)29(26,27)22-17-8-4-3-7-15(17)19(21)24/h3-4,7-10,13,22H,2,5-6,11-12H2,1H3,(H2,21,24). The maximum Gasteiger partial charge on any atom is 0.261 e. The van der Waals surface area contributed by atoms with E-state index in [0.717, 1.165) is 24.2 Å². The Balaban J connectivity index is 1.96. The summed E-state index contributed by atoms with van der Waals surface area (Å²) in [6.07, 6.45) is 4.84. The molecule has 3 N–H and O–H groups in total. The van der Waals surface area contributed by atoms with Crippen molar-refractivity contribution in [2.45, 2.75) is 29.1 Å². The van der Waals surface area contributed by atoms with Gasteiger partial charge in [-0.15, -0.1) is 11.8 Å². The minimum atomic E-state index is -4.02. The first-order valence-electron chi connectivity index (χ1n) is 9.22. The van der Waals surface area contributed by atoms with Crippen molar-refractivity contribution in [3.63, 3.8) is 0 Å². The third kappa shape index (κ3) is 4.73. The maximum atomic E-state index is 13.0. The topological polar surface area (TPSA) is 110 Å². The number of nitrogens with two attached hydrogens (primary N) is 1. The number of primary amides is 1. The molecule has 0 saturated carbocycles. The van der Waals surface area contributed by atoms with Gasteiger partial charge in [0.05, 0.1) is 21.7 Å². The average molecular weight is 434 g/mol. The van der Waals surface area contributed by atoms with E-state index in [-0.39, 0.29) is 22.1 Å². The molecule has 2 aromatic rings. The molecule has 1 saturated heterocycles. The second kappa shape index (κ2) is 8.87. The van der Waals surface area contributed by atoms with Gasteiger partial charge in [0.2, 0.25) is 0 Å². The Morgan fingerprint density at radius 3 is 2.38 bits per heavy atom. The van der Waals surface area contributed by atoms with E-state index in [1.165, 1.54) is 36.0 Å². The first-order chi connectivity index (χ1) is 13.8.